The minimum atomic E-state index is -0.419. The number of H-pyrrole nitrogens is 1. The fourth-order valence-corrected chi connectivity index (χ4v) is 3.09. The summed E-state index contributed by atoms with van der Waals surface area (Å²) in [6.45, 7) is 1.78. The van der Waals surface area contributed by atoms with Crippen LogP contribution in [0.25, 0.3) is 22.3 Å². The number of para-hydroxylation sites is 1. The lowest BCUT2D eigenvalue weighted by atomic mass is 10.1. The van der Waals surface area contributed by atoms with Gasteiger partial charge < -0.3 is 14.8 Å². The molecule has 2 heterocycles. The molecule has 0 aliphatic heterocycles. The van der Waals surface area contributed by atoms with Crippen molar-refractivity contribution in [3.63, 3.8) is 0 Å². The van der Waals surface area contributed by atoms with Gasteiger partial charge in [-0.25, -0.2) is 4.39 Å². The summed E-state index contributed by atoms with van der Waals surface area (Å²) >= 11 is 0. The van der Waals surface area contributed by atoms with Gasteiger partial charge in [-0.1, -0.05) is 23.4 Å². The normalized spacial score (nSPS) is 12.2. The molecular weight excluding hydrogens is 359 g/mol. The van der Waals surface area contributed by atoms with Crippen molar-refractivity contribution in [3.8, 4) is 11.4 Å². The molecule has 4 rings (SSSR count). The average molecular weight is 378 g/mol. The van der Waals surface area contributed by atoms with Crippen molar-refractivity contribution >= 4 is 16.8 Å². The molecule has 4 aromatic rings. The molecule has 142 valence electrons. The van der Waals surface area contributed by atoms with E-state index in [1.807, 2.05) is 30.5 Å². The largest absolute Gasteiger partial charge is 0.361 e. The number of nitrogens with one attached hydrogen (secondary N) is 2. The molecule has 0 aliphatic rings. The maximum atomic E-state index is 13.0. The van der Waals surface area contributed by atoms with Crippen molar-refractivity contribution in [2.24, 2.45) is 0 Å². The lowest BCUT2D eigenvalue weighted by Crippen LogP contribution is -2.27. The van der Waals surface area contributed by atoms with Gasteiger partial charge in [-0.3, -0.25) is 4.79 Å². The molecule has 7 heteroatoms. The number of carbonyl (C=O) groups excluding carboxylic acids is 1. The van der Waals surface area contributed by atoms with E-state index in [4.69, 9.17) is 4.52 Å². The number of amides is 1. The Balaban J connectivity index is 1.36. The first-order valence-electron chi connectivity index (χ1n) is 9.04. The zero-order valence-electron chi connectivity index (χ0n) is 15.3. The molecule has 0 fully saturated rings. The van der Waals surface area contributed by atoms with E-state index in [1.54, 1.807) is 19.1 Å². The van der Waals surface area contributed by atoms with Crippen LogP contribution in [-0.2, 0) is 11.2 Å². The molecule has 6 nitrogen and oxygen atoms in total. The van der Waals surface area contributed by atoms with E-state index in [1.165, 1.54) is 12.1 Å². The predicted octanol–water partition coefficient (Wildman–Crippen LogP) is 4.17. The van der Waals surface area contributed by atoms with Gasteiger partial charge in [0.1, 0.15) is 11.9 Å². The standard InChI is InChI=1S/C21H19FN4O2/c1-13(21-25-20(26-28-21)14-6-9-16(22)10-7-14)24-19(27)11-8-15-12-23-18-5-3-2-4-17(15)18/h2-7,9-10,12-13,23H,8,11H2,1H3,(H,24,27)/t13-/m1/s1. The Morgan fingerprint density at radius 2 is 2.00 bits per heavy atom. The van der Waals surface area contributed by atoms with Gasteiger partial charge >= 0.3 is 0 Å². The Hall–Kier alpha value is -3.48. The smallest absolute Gasteiger partial charge is 0.249 e. The van der Waals surface area contributed by atoms with Gasteiger partial charge in [0.05, 0.1) is 0 Å². The molecular formula is C21H19FN4O2. The number of benzene rings is 2. The number of halogens is 1. The maximum Gasteiger partial charge on any atom is 0.249 e. The quantitative estimate of drug-likeness (QED) is 0.527. The first-order valence-corrected chi connectivity index (χ1v) is 9.04. The van der Waals surface area contributed by atoms with Crippen LogP contribution in [0.5, 0.6) is 0 Å². The first-order chi connectivity index (χ1) is 13.6. The number of nitrogens with zero attached hydrogens (tertiary/aromatic N) is 2. The van der Waals surface area contributed by atoms with E-state index < -0.39 is 6.04 Å². The molecule has 0 aliphatic carbocycles. The summed E-state index contributed by atoms with van der Waals surface area (Å²) in [5.74, 6) is 0.234. The Morgan fingerprint density at radius 3 is 2.82 bits per heavy atom. The zero-order chi connectivity index (χ0) is 19.5. The molecule has 1 atom stereocenters. The highest BCUT2D eigenvalue weighted by Gasteiger charge is 2.17. The molecule has 1 amide bonds. The maximum absolute atomic E-state index is 13.0. The van der Waals surface area contributed by atoms with E-state index in [-0.39, 0.29) is 11.7 Å². The van der Waals surface area contributed by atoms with E-state index in [2.05, 4.69) is 20.4 Å². The fraction of sp³-hybridized carbons (Fsp3) is 0.190. The second kappa shape index (κ2) is 7.64. The second-order valence-electron chi connectivity index (χ2n) is 6.61. The number of aromatic amines is 1. The van der Waals surface area contributed by atoms with E-state index in [0.29, 0.717) is 30.1 Å². The van der Waals surface area contributed by atoms with E-state index in [9.17, 15) is 9.18 Å². The topological polar surface area (TPSA) is 83.8 Å². The van der Waals surface area contributed by atoms with Crippen LogP contribution < -0.4 is 5.32 Å². The Labute approximate surface area is 160 Å². The number of hydrogen-bond acceptors (Lipinski definition) is 4. The van der Waals surface area contributed by atoms with Crippen LogP contribution in [-0.4, -0.2) is 21.0 Å². The van der Waals surface area contributed by atoms with Crippen LogP contribution in [0.1, 0.15) is 30.8 Å². The molecule has 0 unspecified atom stereocenters. The second-order valence-corrected chi connectivity index (χ2v) is 6.61. The third kappa shape index (κ3) is 3.78. The van der Waals surface area contributed by atoms with Crippen LogP contribution in [0.15, 0.2) is 59.3 Å². The van der Waals surface area contributed by atoms with Crippen molar-refractivity contribution < 1.29 is 13.7 Å². The molecule has 0 saturated heterocycles. The summed E-state index contributed by atoms with van der Waals surface area (Å²) in [6.07, 6.45) is 2.92. The SMILES string of the molecule is C[C@@H](NC(=O)CCc1c[nH]c2ccccc12)c1nc(-c2ccc(F)cc2)no1. The minimum absolute atomic E-state index is 0.0979. The van der Waals surface area contributed by atoms with Crippen molar-refractivity contribution in [3.05, 3.63) is 72.0 Å². The van der Waals surface area contributed by atoms with Gasteiger partial charge in [0.2, 0.25) is 17.6 Å². The lowest BCUT2D eigenvalue weighted by Gasteiger charge is -2.09. The van der Waals surface area contributed by atoms with Gasteiger partial charge in [-0.05, 0) is 49.2 Å². The van der Waals surface area contributed by atoms with E-state index in [0.717, 1.165) is 16.5 Å². The Morgan fingerprint density at radius 1 is 1.21 bits per heavy atom. The summed E-state index contributed by atoms with van der Waals surface area (Å²) in [4.78, 5) is 19.8. The van der Waals surface area contributed by atoms with Crippen molar-refractivity contribution in [2.45, 2.75) is 25.8 Å². The van der Waals surface area contributed by atoms with Gasteiger partial charge in [-0.15, -0.1) is 0 Å². The molecule has 2 aromatic carbocycles. The van der Waals surface area contributed by atoms with Crippen LogP contribution in [0, 0.1) is 5.82 Å². The average Bonchev–Trinajstić information content (AvgIpc) is 3.34. The van der Waals surface area contributed by atoms with Crippen LogP contribution in [0.4, 0.5) is 4.39 Å². The van der Waals surface area contributed by atoms with Gasteiger partial charge in [0.15, 0.2) is 0 Å². The monoisotopic (exact) mass is 378 g/mol. The molecule has 0 saturated carbocycles. The first kappa shape index (κ1) is 17.9. The number of aryl methyl sites for hydroxylation is 1. The molecule has 0 spiro atoms. The van der Waals surface area contributed by atoms with Crippen molar-refractivity contribution in [2.75, 3.05) is 0 Å². The number of fused-ring (bicyclic) bond motifs is 1. The molecule has 2 aromatic heterocycles. The summed E-state index contributed by atoms with van der Waals surface area (Å²) in [5, 5.41) is 7.91. The summed E-state index contributed by atoms with van der Waals surface area (Å²) in [7, 11) is 0. The minimum Gasteiger partial charge on any atom is -0.361 e. The van der Waals surface area contributed by atoms with Gasteiger partial charge in [0, 0.05) is 29.1 Å². The van der Waals surface area contributed by atoms with Crippen LogP contribution in [0.3, 0.4) is 0 Å². The van der Waals surface area contributed by atoms with Gasteiger partial charge in [-0.2, -0.15) is 4.98 Å². The van der Waals surface area contributed by atoms with Crippen LogP contribution in [0.2, 0.25) is 0 Å². The third-order valence-corrected chi connectivity index (χ3v) is 4.59. The number of rotatable bonds is 6. The van der Waals surface area contributed by atoms with Crippen molar-refractivity contribution in [1.82, 2.24) is 20.4 Å². The third-order valence-electron chi connectivity index (χ3n) is 4.59. The number of carbonyl (C=O) groups is 1. The summed E-state index contributed by atoms with van der Waals surface area (Å²) in [6, 6.07) is 13.4. The zero-order valence-corrected chi connectivity index (χ0v) is 15.3. The van der Waals surface area contributed by atoms with Gasteiger partial charge in [0.25, 0.3) is 0 Å². The Kier molecular flexibility index (Phi) is 4.89. The summed E-state index contributed by atoms with van der Waals surface area (Å²) in [5.41, 5.74) is 2.81. The molecule has 0 bridgehead atoms. The van der Waals surface area contributed by atoms with E-state index >= 15 is 0 Å². The van der Waals surface area contributed by atoms with Crippen LogP contribution >= 0.6 is 0 Å². The molecule has 0 radical (unpaired) electrons. The highest BCUT2D eigenvalue weighted by molar-refractivity contribution is 5.84. The predicted molar refractivity (Wildman–Crippen MR) is 103 cm³/mol. The molecule has 2 N–H and O–H groups in total. The number of hydrogen-bond donors (Lipinski definition) is 2. The summed E-state index contributed by atoms with van der Waals surface area (Å²) < 4.78 is 18.3. The number of aromatic nitrogens is 3. The fourth-order valence-electron chi connectivity index (χ4n) is 3.09. The highest BCUT2D eigenvalue weighted by Crippen LogP contribution is 2.20. The molecule has 28 heavy (non-hydrogen) atoms. The lowest BCUT2D eigenvalue weighted by molar-refractivity contribution is -0.121. The Bertz CT molecular complexity index is 1100. The van der Waals surface area contributed by atoms with Crippen molar-refractivity contribution in [1.29, 1.82) is 0 Å². The highest BCUT2D eigenvalue weighted by atomic mass is 19.1.